The van der Waals surface area contributed by atoms with Gasteiger partial charge >= 0.3 is 0 Å². The minimum absolute atomic E-state index is 0.420. The summed E-state index contributed by atoms with van der Waals surface area (Å²) in [6.07, 6.45) is 0.955. The number of hydrogen-bond acceptors (Lipinski definition) is 6. The van der Waals surface area contributed by atoms with Crippen molar-refractivity contribution < 1.29 is 9.47 Å². The number of anilines is 1. The normalized spacial score (nSPS) is 10.7. The Kier molecular flexibility index (Phi) is 7.11. The van der Waals surface area contributed by atoms with Crippen LogP contribution in [-0.2, 0) is 19.7 Å². The molecule has 28 heavy (non-hydrogen) atoms. The van der Waals surface area contributed by atoms with E-state index in [1.807, 2.05) is 36.4 Å². The maximum atomic E-state index is 5.94. The molecular formula is C19H21BrClN5O2. The fourth-order valence-corrected chi connectivity index (χ4v) is 3.18. The number of halogens is 2. The van der Waals surface area contributed by atoms with E-state index in [0.29, 0.717) is 35.6 Å². The van der Waals surface area contributed by atoms with E-state index in [4.69, 9.17) is 21.1 Å². The first-order valence-corrected chi connectivity index (χ1v) is 10.0. The maximum absolute atomic E-state index is 5.94. The summed E-state index contributed by atoms with van der Waals surface area (Å²) in [5.74, 6) is 1.95. The largest absolute Gasteiger partial charge is 0.493 e. The molecule has 0 saturated heterocycles. The van der Waals surface area contributed by atoms with Gasteiger partial charge in [-0.3, -0.25) is 0 Å². The molecule has 0 aliphatic carbocycles. The first kappa shape index (κ1) is 20.4. The molecule has 3 aromatic rings. The summed E-state index contributed by atoms with van der Waals surface area (Å²) in [5.41, 5.74) is 2.03. The lowest BCUT2D eigenvalue weighted by Gasteiger charge is -2.15. The highest BCUT2D eigenvalue weighted by atomic mass is 79.9. The first-order valence-electron chi connectivity index (χ1n) is 8.84. The Morgan fingerprint density at radius 1 is 1.18 bits per heavy atom. The van der Waals surface area contributed by atoms with Crippen LogP contribution in [0.15, 0.2) is 40.9 Å². The predicted octanol–water partition coefficient (Wildman–Crippen LogP) is 4.70. The molecule has 0 aliphatic rings. The fourth-order valence-electron chi connectivity index (χ4n) is 2.59. The van der Waals surface area contributed by atoms with Crippen molar-refractivity contribution in [2.24, 2.45) is 0 Å². The number of tetrazole rings is 1. The molecule has 0 spiro atoms. The highest BCUT2D eigenvalue weighted by molar-refractivity contribution is 9.10. The van der Waals surface area contributed by atoms with Gasteiger partial charge < -0.3 is 14.8 Å². The number of hydrogen-bond donors (Lipinski definition) is 1. The van der Waals surface area contributed by atoms with E-state index < -0.39 is 0 Å². The number of nitrogens with one attached hydrogen (secondary N) is 1. The summed E-state index contributed by atoms with van der Waals surface area (Å²) in [7, 11) is 1.62. The smallest absolute Gasteiger partial charge is 0.243 e. The lowest BCUT2D eigenvalue weighted by molar-refractivity contribution is 0.284. The van der Waals surface area contributed by atoms with Crippen molar-refractivity contribution in [2.75, 3.05) is 12.4 Å². The van der Waals surface area contributed by atoms with Crippen LogP contribution in [0.5, 0.6) is 11.5 Å². The molecule has 148 valence electrons. The van der Waals surface area contributed by atoms with Gasteiger partial charge in [-0.15, -0.1) is 0 Å². The quantitative estimate of drug-likeness (QED) is 0.493. The molecule has 0 unspecified atom stereocenters. The average molecular weight is 467 g/mol. The zero-order valence-corrected chi connectivity index (χ0v) is 18.0. The van der Waals surface area contributed by atoms with Crippen molar-refractivity contribution >= 4 is 33.5 Å². The van der Waals surface area contributed by atoms with E-state index in [1.165, 1.54) is 0 Å². The second-order valence-corrected chi connectivity index (χ2v) is 7.38. The molecule has 0 radical (unpaired) electrons. The summed E-state index contributed by atoms with van der Waals surface area (Å²) in [4.78, 5) is 0. The molecule has 0 saturated carbocycles. The standard InChI is InChI=1S/C19H21BrClN5O2/c1-3-8-26-19(23-24-25-26)22-11-14-9-17(27-2)18(10-16(14)20)28-12-13-4-6-15(21)7-5-13/h4-7,9-10H,3,8,11-12H2,1-2H3,(H,22,23,25). The fraction of sp³-hybridized carbons (Fsp3) is 0.316. The lowest BCUT2D eigenvalue weighted by atomic mass is 10.2. The Morgan fingerprint density at radius 2 is 1.96 bits per heavy atom. The van der Waals surface area contributed by atoms with E-state index in [0.717, 1.165) is 28.6 Å². The minimum atomic E-state index is 0.420. The number of aromatic nitrogens is 4. The molecule has 0 amide bonds. The number of rotatable bonds is 9. The van der Waals surface area contributed by atoms with Crippen molar-refractivity contribution in [2.45, 2.75) is 33.0 Å². The molecule has 1 N–H and O–H groups in total. The first-order chi connectivity index (χ1) is 13.6. The highest BCUT2D eigenvalue weighted by Crippen LogP contribution is 2.34. The van der Waals surface area contributed by atoms with Gasteiger partial charge in [0.1, 0.15) is 6.61 Å². The molecule has 7 nitrogen and oxygen atoms in total. The number of ether oxygens (including phenoxy) is 2. The minimum Gasteiger partial charge on any atom is -0.493 e. The molecular weight excluding hydrogens is 446 g/mol. The zero-order chi connectivity index (χ0) is 19.9. The van der Waals surface area contributed by atoms with Gasteiger partial charge in [-0.2, -0.15) is 0 Å². The van der Waals surface area contributed by atoms with Crippen LogP contribution in [0.3, 0.4) is 0 Å². The zero-order valence-electron chi connectivity index (χ0n) is 15.7. The van der Waals surface area contributed by atoms with E-state index >= 15 is 0 Å². The van der Waals surface area contributed by atoms with Gasteiger partial charge in [0, 0.05) is 22.6 Å². The SMILES string of the molecule is CCCn1nnnc1NCc1cc(OC)c(OCc2ccc(Cl)cc2)cc1Br. The molecule has 2 aromatic carbocycles. The van der Waals surface area contributed by atoms with Crippen LogP contribution in [-0.4, -0.2) is 27.3 Å². The van der Waals surface area contributed by atoms with Gasteiger partial charge in [0.25, 0.3) is 0 Å². The number of nitrogens with zero attached hydrogens (tertiary/aromatic N) is 4. The summed E-state index contributed by atoms with van der Waals surface area (Å²) < 4.78 is 14.1. The molecule has 1 heterocycles. The third-order valence-corrected chi connectivity index (χ3v) is 5.03. The predicted molar refractivity (Wildman–Crippen MR) is 112 cm³/mol. The van der Waals surface area contributed by atoms with Crippen molar-refractivity contribution in [3.05, 3.63) is 57.0 Å². The Labute approximate surface area is 177 Å². The van der Waals surface area contributed by atoms with Crippen LogP contribution in [0.25, 0.3) is 0 Å². The molecule has 0 aliphatic heterocycles. The number of aryl methyl sites for hydroxylation is 1. The number of methoxy groups -OCH3 is 1. The monoisotopic (exact) mass is 465 g/mol. The third kappa shape index (κ3) is 5.14. The van der Waals surface area contributed by atoms with Crippen molar-refractivity contribution in [3.63, 3.8) is 0 Å². The second kappa shape index (κ2) is 9.75. The van der Waals surface area contributed by atoms with E-state index in [2.05, 4.69) is 43.7 Å². The Bertz CT molecular complexity index is 917. The van der Waals surface area contributed by atoms with Crippen molar-refractivity contribution in [1.29, 1.82) is 0 Å². The van der Waals surface area contributed by atoms with E-state index in [9.17, 15) is 0 Å². The van der Waals surface area contributed by atoms with Gasteiger partial charge in [0.15, 0.2) is 11.5 Å². The molecule has 9 heteroatoms. The summed E-state index contributed by atoms with van der Waals surface area (Å²) in [6, 6.07) is 11.4. The van der Waals surface area contributed by atoms with Gasteiger partial charge in [-0.25, -0.2) is 4.68 Å². The molecule has 3 rings (SSSR count). The van der Waals surface area contributed by atoms with Crippen LogP contribution in [0.2, 0.25) is 5.02 Å². The lowest BCUT2D eigenvalue weighted by Crippen LogP contribution is -2.09. The molecule has 1 aromatic heterocycles. The molecule has 0 atom stereocenters. The summed E-state index contributed by atoms with van der Waals surface area (Å²) >= 11 is 9.53. The van der Waals surface area contributed by atoms with Crippen molar-refractivity contribution in [1.82, 2.24) is 20.2 Å². The summed E-state index contributed by atoms with van der Waals surface area (Å²) in [5, 5.41) is 15.7. The van der Waals surface area contributed by atoms with Crippen LogP contribution < -0.4 is 14.8 Å². The third-order valence-electron chi connectivity index (χ3n) is 4.04. The maximum Gasteiger partial charge on any atom is 0.243 e. The topological polar surface area (TPSA) is 74.1 Å². The second-order valence-electron chi connectivity index (χ2n) is 6.09. The van der Waals surface area contributed by atoms with Crippen LogP contribution in [0, 0.1) is 0 Å². The molecule has 0 bridgehead atoms. The van der Waals surface area contributed by atoms with Gasteiger partial charge in [0.05, 0.1) is 7.11 Å². The average Bonchev–Trinajstić information content (AvgIpc) is 3.14. The van der Waals surface area contributed by atoms with E-state index in [1.54, 1.807) is 11.8 Å². The van der Waals surface area contributed by atoms with Crippen LogP contribution >= 0.6 is 27.5 Å². The molecule has 0 fully saturated rings. The van der Waals surface area contributed by atoms with E-state index in [-0.39, 0.29) is 0 Å². The Balaban J connectivity index is 1.70. The Morgan fingerprint density at radius 3 is 2.68 bits per heavy atom. The van der Waals surface area contributed by atoms with Gasteiger partial charge in [-0.1, -0.05) is 51.7 Å². The number of benzene rings is 2. The van der Waals surface area contributed by atoms with Crippen LogP contribution in [0.4, 0.5) is 5.95 Å². The van der Waals surface area contributed by atoms with Gasteiger partial charge in [-0.05, 0) is 52.2 Å². The Hall–Kier alpha value is -2.32. The van der Waals surface area contributed by atoms with Gasteiger partial charge in [0.2, 0.25) is 5.95 Å². The highest BCUT2D eigenvalue weighted by Gasteiger charge is 2.12. The van der Waals surface area contributed by atoms with Crippen molar-refractivity contribution in [3.8, 4) is 11.5 Å². The van der Waals surface area contributed by atoms with Crippen LogP contribution in [0.1, 0.15) is 24.5 Å². The summed E-state index contributed by atoms with van der Waals surface area (Å²) in [6.45, 7) is 3.80.